The quantitative estimate of drug-likeness (QED) is 0.379. The monoisotopic (exact) mass is 490 g/mol. The Morgan fingerprint density at radius 2 is 1.74 bits per heavy atom. The molecule has 0 aromatic heterocycles. The van der Waals surface area contributed by atoms with Crippen LogP contribution in [0.3, 0.4) is 0 Å². The third-order valence-electron chi connectivity index (χ3n) is 5.33. The fourth-order valence-corrected chi connectivity index (χ4v) is 4.96. The Labute approximate surface area is 200 Å². The molecule has 0 bridgehead atoms. The highest BCUT2D eigenvalue weighted by molar-refractivity contribution is 7.89. The van der Waals surface area contributed by atoms with Crippen LogP contribution >= 0.6 is 0 Å². The highest BCUT2D eigenvalue weighted by Gasteiger charge is 2.27. The van der Waals surface area contributed by atoms with Gasteiger partial charge in [0.25, 0.3) is 5.91 Å². The van der Waals surface area contributed by atoms with E-state index in [1.54, 1.807) is 12.1 Å². The van der Waals surface area contributed by atoms with Crippen LogP contribution in [0.4, 0.5) is 5.69 Å². The molecule has 0 atom stereocenters. The second-order valence-electron chi connectivity index (χ2n) is 7.83. The van der Waals surface area contributed by atoms with Crippen LogP contribution < -0.4 is 14.8 Å². The van der Waals surface area contributed by atoms with Crippen molar-refractivity contribution >= 4 is 27.6 Å². The highest BCUT2D eigenvalue weighted by atomic mass is 32.2. The Kier molecular flexibility index (Phi) is 8.89. The van der Waals surface area contributed by atoms with Crippen molar-refractivity contribution in [1.82, 2.24) is 4.31 Å². The van der Waals surface area contributed by atoms with E-state index in [1.165, 1.54) is 41.7 Å². The molecule has 34 heavy (non-hydrogen) atoms. The van der Waals surface area contributed by atoms with Crippen LogP contribution in [0, 0.1) is 0 Å². The number of methoxy groups -OCH3 is 1. The summed E-state index contributed by atoms with van der Waals surface area (Å²) in [5.74, 6) is -0.296. The number of nitrogens with one attached hydrogen (secondary N) is 1. The van der Waals surface area contributed by atoms with Gasteiger partial charge in [-0.1, -0.05) is 13.3 Å². The van der Waals surface area contributed by atoms with E-state index < -0.39 is 28.5 Å². The molecule has 1 aliphatic heterocycles. The van der Waals surface area contributed by atoms with Crippen LogP contribution in [0.1, 0.15) is 43.0 Å². The third kappa shape index (κ3) is 6.48. The van der Waals surface area contributed by atoms with Crippen molar-refractivity contribution in [2.24, 2.45) is 0 Å². The molecule has 2 aromatic rings. The Hall–Kier alpha value is -3.11. The Morgan fingerprint density at radius 1 is 1.03 bits per heavy atom. The molecule has 1 amide bonds. The van der Waals surface area contributed by atoms with Gasteiger partial charge in [0.1, 0.15) is 0 Å². The molecule has 1 saturated heterocycles. The fourth-order valence-electron chi connectivity index (χ4n) is 3.44. The zero-order valence-electron chi connectivity index (χ0n) is 19.4. The van der Waals surface area contributed by atoms with E-state index in [-0.39, 0.29) is 10.5 Å². The second-order valence-corrected chi connectivity index (χ2v) is 9.77. The molecule has 1 N–H and O–H groups in total. The predicted octanol–water partition coefficient (Wildman–Crippen LogP) is 3.45. The number of hydrogen-bond donors (Lipinski definition) is 1. The first-order chi connectivity index (χ1) is 16.3. The van der Waals surface area contributed by atoms with Crippen LogP contribution in [-0.4, -0.2) is 58.0 Å². The number of rotatable bonds is 11. The van der Waals surface area contributed by atoms with Gasteiger partial charge in [-0.05, 0) is 61.7 Å². The van der Waals surface area contributed by atoms with Gasteiger partial charge in [-0.15, -0.1) is 0 Å². The van der Waals surface area contributed by atoms with E-state index >= 15 is 0 Å². The van der Waals surface area contributed by atoms with E-state index in [0.29, 0.717) is 36.9 Å². The summed E-state index contributed by atoms with van der Waals surface area (Å²) in [5, 5.41) is 2.59. The van der Waals surface area contributed by atoms with Crippen LogP contribution in [0.5, 0.6) is 11.5 Å². The minimum Gasteiger partial charge on any atom is -0.493 e. The largest absolute Gasteiger partial charge is 0.493 e. The van der Waals surface area contributed by atoms with E-state index in [4.69, 9.17) is 14.2 Å². The van der Waals surface area contributed by atoms with E-state index in [9.17, 15) is 18.0 Å². The van der Waals surface area contributed by atoms with E-state index in [1.807, 2.05) is 0 Å². The number of benzene rings is 2. The average Bonchev–Trinajstić information content (AvgIpc) is 3.39. The first-order valence-corrected chi connectivity index (χ1v) is 12.7. The first-order valence-electron chi connectivity index (χ1n) is 11.2. The van der Waals surface area contributed by atoms with Crippen LogP contribution in [0.15, 0.2) is 47.4 Å². The number of anilines is 1. The fraction of sp³-hybridized carbons (Fsp3) is 0.417. The van der Waals surface area contributed by atoms with Crippen molar-refractivity contribution in [3.05, 3.63) is 48.0 Å². The Balaban J connectivity index is 1.53. The van der Waals surface area contributed by atoms with Crippen molar-refractivity contribution in [2.75, 3.05) is 38.7 Å². The van der Waals surface area contributed by atoms with Gasteiger partial charge in [0.15, 0.2) is 18.1 Å². The molecule has 0 radical (unpaired) electrons. The SMILES string of the molecule is CCCCOc1ccc(C(=O)OCC(=O)Nc2ccc(S(=O)(=O)N3CCCC3)cc2)cc1OC. The number of carbonyl (C=O) groups is 2. The molecule has 0 saturated carbocycles. The molecular weight excluding hydrogens is 460 g/mol. The van der Waals surface area contributed by atoms with Crippen molar-refractivity contribution in [1.29, 1.82) is 0 Å². The third-order valence-corrected chi connectivity index (χ3v) is 7.24. The minimum atomic E-state index is -3.52. The predicted molar refractivity (Wildman–Crippen MR) is 127 cm³/mol. The molecule has 0 aliphatic carbocycles. The highest BCUT2D eigenvalue weighted by Crippen LogP contribution is 2.28. The maximum Gasteiger partial charge on any atom is 0.338 e. The van der Waals surface area contributed by atoms with Crippen molar-refractivity contribution in [3.63, 3.8) is 0 Å². The van der Waals surface area contributed by atoms with Crippen LogP contribution in [0.2, 0.25) is 0 Å². The van der Waals surface area contributed by atoms with Gasteiger partial charge in [0.2, 0.25) is 10.0 Å². The lowest BCUT2D eigenvalue weighted by molar-refractivity contribution is -0.119. The Bertz CT molecular complexity index is 1090. The first kappa shape index (κ1) is 25.5. The summed E-state index contributed by atoms with van der Waals surface area (Å²) in [5.41, 5.74) is 0.626. The lowest BCUT2D eigenvalue weighted by Gasteiger charge is -2.15. The minimum absolute atomic E-state index is 0.176. The van der Waals surface area contributed by atoms with Gasteiger partial charge in [0.05, 0.1) is 24.2 Å². The molecule has 0 unspecified atom stereocenters. The standard InChI is InChI=1S/C24H30N2O7S/c1-3-4-15-32-21-12-7-18(16-22(21)31-2)24(28)33-17-23(27)25-19-8-10-20(11-9-19)34(29,30)26-13-5-6-14-26/h7-12,16H,3-6,13-15,17H2,1-2H3,(H,25,27). The number of unbranched alkanes of at least 4 members (excludes halogenated alkanes) is 1. The molecule has 1 fully saturated rings. The number of sulfonamides is 1. The number of esters is 1. The summed E-state index contributed by atoms with van der Waals surface area (Å²) in [6.45, 7) is 3.15. The van der Waals surface area contributed by atoms with E-state index in [2.05, 4.69) is 12.2 Å². The number of amides is 1. The topological polar surface area (TPSA) is 111 Å². The van der Waals surface area contributed by atoms with Crippen molar-refractivity contribution in [2.45, 2.75) is 37.5 Å². The van der Waals surface area contributed by atoms with Crippen molar-refractivity contribution in [3.8, 4) is 11.5 Å². The summed E-state index contributed by atoms with van der Waals surface area (Å²) in [6.07, 6.45) is 3.61. The van der Waals surface area contributed by atoms with Gasteiger partial charge < -0.3 is 19.5 Å². The zero-order chi connectivity index (χ0) is 24.6. The smallest absolute Gasteiger partial charge is 0.338 e. The molecule has 2 aromatic carbocycles. The summed E-state index contributed by atoms with van der Waals surface area (Å²) in [7, 11) is -2.04. The number of carbonyl (C=O) groups excluding carboxylic acids is 2. The van der Waals surface area contributed by atoms with Gasteiger partial charge >= 0.3 is 5.97 Å². The maximum atomic E-state index is 12.6. The molecule has 3 rings (SSSR count). The normalized spacial score (nSPS) is 13.9. The molecule has 184 valence electrons. The molecule has 0 spiro atoms. The summed E-state index contributed by atoms with van der Waals surface area (Å²) < 4.78 is 42.6. The Morgan fingerprint density at radius 3 is 2.38 bits per heavy atom. The zero-order valence-corrected chi connectivity index (χ0v) is 20.2. The number of hydrogen-bond acceptors (Lipinski definition) is 7. The lowest BCUT2D eigenvalue weighted by Crippen LogP contribution is -2.27. The van der Waals surface area contributed by atoms with Crippen LogP contribution in [0.25, 0.3) is 0 Å². The van der Waals surface area contributed by atoms with E-state index in [0.717, 1.165) is 25.7 Å². The molecular formula is C24H30N2O7S. The summed E-state index contributed by atoms with van der Waals surface area (Å²) in [6, 6.07) is 10.6. The molecule has 1 aliphatic rings. The average molecular weight is 491 g/mol. The van der Waals surface area contributed by atoms with Gasteiger partial charge in [0, 0.05) is 18.8 Å². The van der Waals surface area contributed by atoms with Gasteiger partial charge in [-0.3, -0.25) is 4.79 Å². The molecule has 9 nitrogen and oxygen atoms in total. The van der Waals surface area contributed by atoms with Crippen molar-refractivity contribution < 1.29 is 32.2 Å². The number of nitrogens with zero attached hydrogens (tertiary/aromatic N) is 1. The molecule has 1 heterocycles. The lowest BCUT2D eigenvalue weighted by atomic mass is 10.2. The summed E-state index contributed by atoms with van der Waals surface area (Å²) >= 11 is 0. The molecule has 10 heteroatoms. The van der Waals surface area contributed by atoms with Gasteiger partial charge in [-0.2, -0.15) is 4.31 Å². The maximum absolute atomic E-state index is 12.6. The summed E-state index contributed by atoms with van der Waals surface area (Å²) in [4.78, 5) is 24.7. The number of ether oxygens (including phenoxy) is 3. The van der Waals surface area contributed by atoms with Gasteiger partial charge in [-0.25, -0.2) is 13.2 Å². The van der Waals surface area contributed by atoms with Crippen LogP contribution in [-0.2, 0) is 19.6 Å². The second kappa shape index (κ2) is 11.8.